The van der Waals surface area contributed by atoms with Gasteiger partial charge in [0.1, 0.15) is 5.82 Å². The number of carbonyl (C=O) groups is 2. The molecule has 0 aliphatic carbocycles. The van der Waals surface area contributed by atoms with E-state index in [0.717, 1.165) is 18.4 Å². The lowest BCUT2D eigenvalue weighted by Gasteiger charge is -2.14. The third-order valence-corrected chi connectivity index (χ3v) is 4.44. The third-order valence-electron chi connectivity index (χ3n) is 3.29. The minimum atomic E-state index is -3.62. The maximum atomic E-state index is 12.9. The molecule has 0 aromatic heterocycles. The van der Waals surface area contributed by atoms with E-state index in [-0.39, 0.29) is 16.0 Å². The largest absolute Gasteiger partial charge is 0.451 e. The molecular weight excluding hydrogens is 335 g/mol. The highest BCUT2D eigenvalue weighted by molar-refractivity contribution is 7.90. The van der Waals surface area contributed by atoms with E-state index >= 15 is 0 Å². The van der Waals surface area contributed by atoms with Crippen molar-refractivity contribution in [2.75, 3.05) is 6.26 Å². The molecule has 2 aromatic rings. The number of rotatable bonds is 5. The molecule has 2 aromatic carbocycles. The average molecular weight is 350 g/mol. The van der Waals surface area contributed by atoms with E-state index < -0.39 is 33.5 Å². The van der Waals surface area contributed by atoms with Crippen molar-refractivity contribution in [1.29, 1.82) is 0 Å². The van der Waals surface area contributed by atoms with Gasteiger partial charge in [0.05, 0.1) is 10.5 Å². The fourth-order valence-electron chi connectivity index (χ4n) is 2.09. The summed E-state index contributed by atoms with van der Waals surface area (Å²) in [6.45, 7) is 1.37. The van der Waals surface area contributed by atoms with Gasteiger partial charge in [-0.2, -0.15) is 0 Å². The maximum absolute atomic E-state index is 12.9. The van der Waals surface area contributed by atoms with Crippen molar-refractivity contribution >= 4 is 21.6 Å². The van der Waals surface area contributed by atoms with Gasteiger partial charge in [-0.05, 0) is 43.3 Å². The van der Waals surface area contributed by atoms with Crippen molar-refractivity contribution < 1.29 is 27.1 Å². The van der Waals surface area contributed by atoms with Crippen LogP contribution < -0.4 is 0 Å². The maximum Gasteiger partial charge on any atom is 0.340 e. The Kier molecular flexibility index (Phi) is 5.14. The van der Waals surface area contributed by atoms with Gasteiger partial charge in [-0.3, -0.25) is 4.79 Å². The smallest absolute Gasteiger partial charge is 0.340 e. The molecule has 2 rings (SSSR count). The Morgan fingerprint density at radius 1 is 1.04 bits per heavy atom. The van der Waals surface area contributed by atoms with E-state index in [1.165, 1.54) is 43.3 Å². The summed E-state index contributed by atoms with van der Waals surface area (Å²) in [7, 11) is -3.62. The molecule has 126 valence electrons. The van der Waals surface area contributed by atoms with Gasteiger partial charge >= 0.3 is 5.97 Å². The number of ether oxygens (including phenoxy) is 1. The molecule has 0 aliphatic rings. The van der Waals surface area contributed by atoms with Crippen LogP contribution in [0, 0.1) is 5.82 Å². The van der Waals surface area contributed by atoms with Crippen LogP contribution in [0.2, 0.25) is 0 Å². The molecule has 0 N–H and O–H groups in total. The molecule has 0 heterocycles. The molecule has 7 heteroatoms. The summed E-state index contributed by atoms with van der Waals surface area (Å²) in [5, 5.41) is 0. The molecule has 0 amide bonds. The minimum Gasteiger partial charge on any atom is -0.451 e. The lowest BCUT2D eigenvalue weighted by molar-refractivity contribution is 0.0315. The van der Waals surface area contributed by atoms with E-state index in [1.807, 2.05) is 0 Å². The number of Topliss-reactive ketones (excluding diaryl/α,β-unsaturated/α-hetero) is 1. The number of sulfone groups is 1. The Hall–Kier alpha value is -2.54. The van der Waals surface area contributed by atoms with Gasteiger partial charge in [-0.1, -0.05) is 12.1 Å². The molecule has 0 unspecified atom stereocenters. The van der Waals surface area contributed by atoms with Crippen LogP contribution >= 0.6 is 0 Å². The second-order valence-electron chi connectivity index (χ2n) is 5.19. The molecule has 5 nitrogen and oxygen atoms in total. The van der Waals surface area contributed by atoms with E-state index in [1.54, 1.807) is 0 Å². The van der Waals surface area contributed by atoms with E-state index in [4.69, 9.17) is 4.74 Å². The first-order valence-electron chi connectivity index (χ1n) is 7.00. The number of esters is 1. The summed E-state index contributed by atoms with van der Waals surface area (Å²) in [6.07, 6.45) is -0.165. The van der Waals surface area contributed by atoms with Crippen LogP contribution in [0.3, 0.4) is 0 Å². The van der Waals surface area contributed by atoms with Crippen LogP contribution in [-0.2, 0) is 14.6 Å². The monoisotopic (exact) mass is 350 g/mol. The van der Waals surface area contributed by atoms with Crippen LogP contribution in [0.4, 0.5) is 4.39 Å². The Morgan fingerprint density at radius 2 is 1.62 bits per heavy atom. The predicted octanol–water partition coefficient (Wildman–Crippen LogP) is 2.66. The standard InChI is InChI=1S/C17H15FO5S/c1-11(16(19)12-7-9-13(18)10-8-12)23-17(20)14-5-3-4-6-15(14)24(2,21)22/h3-11H,1-2H3/t11-/m1/s1. The number of halogens is 1. The van der Waals surface area contributed by atoms with Crippen molar-refractivity contribution in [3.05, 3.63) is 65.5 Å². The fourth-order valence-corrected chi connectivity index (χ4v) is 2.96. The fraction of sp³-hybridized carbons (Fsp3) is 0.176. The Balaban J connectivity index is 2.21. The summed E-state index contributed by atoms with van der Waals surface area (Å²) < 4.78 is 41.4. The summed E-state index contributed by atoms with van der Waals surface area (Å²) in [5.41, 5.74) is 0.0480. The van der Waals surface area contributed by atoms with Gasteiger partial charge in [0.15, 0.2) is 15.9 Å². The highest BCUT2D eigenvalue weighted by atomic mass is 32.2. The van der Waals surface area contributed by atoms with Crippen molar-refractivity contribution in [2.45, 2.75) is 17.9 Å². The quantitative estimate of drug-likeness (QED) is 0.612. The van der Waals surface area contributed by atoms with Crippen LogP contribution in [0.25, 0.3) is 0 Å². The molecule has 0 bridgehead atoms. The average Bonchev–Trinajstić information content (AvgIpc) is 2.54. The first kappa shape index (κ1) is 17.8. The topological polar surface area (TPSA) is 77.5 Å². The molecule has 1 atom stereocenters. The summed E-state index contributed by atoms with van der Waals surface area (Å²) in [6, 6.07) is 10.4. The highest BCUT2D eigenvalue weighted by Gasteiger charge is 2.24. The minimum absolute atomic E-state index is 0.140. The summed E-state index contributed by atoms with van der Waals surface area (Å²) >= 11 is 0. The predicted molar refractivity (Wildman–Crippen MR) is 85.2 cm³/mol. The van der Waals surface area contributed by atoms with E-state index in [9.17, 15) is 22.4 Å². The Labute approximate surface area is 139 Å². The molecule has 0 spiro atoms. The van der Waals surface area contributed by atoms with Gasteiger partial charge in [-0.25, -0.2) is 17.6 Å². The van der Waals surface area contributed by atoms with Crippen molar-refractivity contribution in [3.63, 3.8) is 0 Å². The zero-order valence-corrected chi connectivity index (χ0v) is 13.8. The van der Waals surface area contributed by atoms with Crippen LogP contribution in [0.1, 0.15) is 27.6 Å². The molecular formula is C17H15FO5S. The second kappa shape index (κ2) is 6.92. The number of hydrogen-bond donors (Lipinski definition) is 0. The number of ketones is 1. The zero-order chi connectivity index (χ0) is 17.9. The van der Waals surface area contributed by atoms with E-state index in [0.29, 0.717) is 0 Å². The van der Waals surface area contributed by atoms with Crippen LogP contribution in [0.15, 0.2) is 53.4 Å². The molecule has 0 fully saturated rings. The van der Waals surface area contributed by atoms with Gasteiger partial charge in [0.25, 0.3) is 0 Å². The number of benzene rings is 2. The van der Waals surface area contributed by atoms with Crippen LogP contribution in [0.5, 0.6) is 0 Å². The molecule has 24 heavy (non-hydrogen) atoms. The second-order valence-corrected chi connectivity index (χ2v) is 7.17. The van der Waals surface area contributed by atoms with Gasteiger partial charge < -0.3 is 4.74 Å². The lowest BCUT2D eigenvalue weighted by atomic mass is 10.1. The lowest BCUT2D eigenvalue weighted by Crippen LogP contribution is -2.25. The summed E-state index contributed by atoms with van der Waals surface area (Å²) in [5.74, 6) is -1.92. The van der Waals surface area contributed by atoms with Gasteiger partial charge in [0.2, 0.25) is 5.78 Å². The first-order valence-corrected chi connectivity index (χ1v) is 8.89. The van der Waals surface area contributed by atoms with Gasteiger partial charge in [0, 0.05) is 11.8 Å². The van der Waals surface area contributed by atoms with Crippen molar-refractivity contribution in [1.82, 2.24) is 0 Å². The zero-order valence-electron chi connectivity index (χ0n) is 13.0. The first-order chi connectivity index (χ1) is 11.2. The highest BCUT2D eigenvalue weighted by Crippen LogP contribution is 2.18. The van der Waals surface area contributed by atoms with Gasteiger partial charge in [-0.15, -0.1) is 0 Å². The Morgan fingerprint density at radius 3 is 2.21 bits per heavy atom. The number of hydrogen-bond acceptors (Lipinski definition) is 5. The van der Waals surface area contributed by atoms with Crippen LogP contribution in [-0.4, -0.2) is 32.5 Å². The SMILES string of the molecule is C[C@@H](OC(=O)c1ccccc1S(C)(=O)=O)C(=O)c1ccc(F)cc1. The molecule has 0 aliphatic heterocycles. The normalized spacial score (nSPS) is 12.5. The van der Waals surface area contributed by atoms with E-state index in [2.05, 4.69) is 0 Å². The molecule has 0 radical (unpaired) electrons. The molecule has 0 saturated carbocycles. The third kappa shape index (κ3) is 4.05. The van der Waals surface area contributed by atoms with Crippen molar-refractivity contribution in [2.24, 2.45) is 0 Å². The Bertz CT molecular complexity index is 872. The summed E-state index contributed by atoms with van der Waals surface area (Å²) in [4.78, 5) is 24.2. The molecule has 0 saturated heterocycles. The number of carbonyl (C=O) groups excluding carboxylic acids is 2. The van der Waals surface area contributed by atoms with Crippen molar-refractivity contribution in [3.8, 4) is 0 Å².